The first-order valence-electron chi connectivity index (χ1n) is 8.83. The van der Waals surface area contributed by atoms with Crippen molar-refractivity contribution < 1.29 is 22.6 Å². The second kappa shape index (κ2) is 9.35. The number of amides is 1. The average molecular weight is 428 g/mol. The molecule has 156 valence electrons. The number of hydrogen-bond donors (Lipinski definition) is 2. The molecule has 0 aliphatic heterocycles. The summed E-state index contributed by atoms with van der Waals surface area (Å²) in [6.45, 7) is 0.317. The number of nitrogen functional groups attached to an aromatic ring is 1. The zero-order valence-corrected chi connectivity index (χ0v) is 16.6. The molecule has 0 atom stereocenters. The van der Waals surface area contributed by atoms with E-state index >= 15 is 0 Å². The highest BCUT2D eigenvalue weighted by molar-refractivity contribution is 7.87. The van der Waals surface area contributed by atoms with Crippen molar-refractivity contribution in [3.63, 3.8) is 0 Å². The third-order valence-electron chi connectivity index (χ3n) is 4.13. The molecular formula is C20H20N4O5S. The molecule has 1 heterocycles. The van der Waals surface area contributed by atoms with E-state index in [9.17, 15) is 17.8 Å². The summed E-state index contributed by atoms with van der Waals surface area (Å²) >= 11 is 0. The van der Waals surface area contributed by atoms with Crippen LogP contribution in [0.2, 0.25) is 0 Å². The molecule has 0 spiro atoms. The fourth-order valence-corrected chi connectivity index (χ4v) is 3.54. The van der Waals surface area contributed by atoms with Gasteiger partial charge in [-0.25, -0.2) is 9.37 Å². The normalized spacial score (nSPS) is 11.1. The van der Waals surface area contributed by atoms with Gasteiger partial charge < -0.3 is 5.73 Å². The highest BCUT2D eigenvalue weighted by Gasteiger charge is 2.23. The Labute approximate surface area is 174 Å². The van der Waals surface area contributed by atoms with Crippen molar-refractivity contribution in [1.29, 1.82) is 0 Å². The highest BCUT2D eigenvalue weighted by Crippen LogP contribution is 2.32. The summed E-state index contributed by atoms with van der Waals surface area (Å²) in [5.74, 6) is 0. The van der Waals surface area contributed by atoms with Gasteiger partial charge in [-0.1, -0.05) is 30.3 Å². The van der Waals surface area contributed by atoms with Gasteiger partial charge in [0, 0.05) is 12.4 Å². The van der Waals surface area contributed by atoms with E-state index in [4.69, 9.17) is 10.6 Å². The van der Waals surface area contributed by atoms with Crippen LogP contribution in [0.4, 0.5) is 17.1 Å². The topological polar surface area (TPSA) is 126 Å². The lowest BCUT2D eigenvalue weighted by molar-refractivity contribution is -0.181. The SMILES string of the molecule is Nc1ccccc1N(c1ccc(CN(C=O)OCc2cccnc2)cc1)S(=O)(=O)O. The largest absolute Gasteiger partial charge is 0.397 e. The Morgan fingerprint density at radius 1 is 1.03 bits per heavy atom. The van der Waals surface area contributed by atoms with Crippen molar-refractivity contribution in [2.45, 2.75) is 13.2 Å². The molecule has 3 rings (SSSR count). The first-order chi connectivity index (χ1) is 14.4. The molecule has 1 aromatic heterocycles. The Morgan fingerprint density at radius 2 is 1.77 bits per heavy atom. The van der Waals surface area contributed by atoms with Gasteiger partial charge in [0.05, 0.1) is 23.6 Å². The number of para-hydroxylation sites is 2. The molecule has 0 unspecified atom stereocenters. The van der Waals surface area contributed by atoms with Crippen molar-refractivity contribution in [1.82, 2.24) is 10.0 Å². The van der Waals surface area contributed by atoms with Crippen LogP contribution in [0.3, 0.4) is 0 Å². The van der Waals surface area contributed by atoms with Crippen LogP contribution in [0, 0.1) is 0 Å². The molecule has 3 aromatic rings. The summed E-state index contributed by atoms with van der Waals surface area (Å²) in [7, 11) is -4.62. The lowest BCUT2D eigenvalue weighted by Gasteiger charge is -2.23. The standard InChI is InChI=1S/C20H20N4O5S/c21-19-5-1-2-6-20(19)24(30(26,27)28)18-9-7-16(8-10-18)13-23(15-25)29-14-17-4-3-11-22-12-17/h1-12,15H,13-14,21H2,(H,26,27,28). The number of aromatic nitrogens is 1. The second-order valence-electron chi connectivity index (χ2n) is 6.28. The van der Waals surface area contributed by atoms with E-state index in [0.717, 1.165) is 14.9 Å². The Hall–Kier alpha value is -3.47. The van der Waals surface area contributed by atoms with Crippen molar-refractivity contribution in [2.24, 2.45) is 0 Å². The minimum Gasteiger partial charge on any atom is -0.397 e. The number of pyridine rings is 1. The van der Waals surface area contributed by atoms with Gasteiger partial charge in [-0.3, -0.25) is 19.2 Å². The second-order valence-corrected chi connectivity index (χ2v) is 7.54. The molecule has 0 radical (unpaired) electrons. The van der Waals surface area contributed by atoms with Crippen LogP contribution < -0.4 is 10.0 Å². The van der Waals surface area contributed by atoms with Gasteiger partial charge in [0.15, 0.2) is 0 Å². The molecule has 3 N–H and O–H groups in total. The van der Waals surface area contributed by atoms with Crippen molar-refractivity contribution >= 4 is 33.8 Å². The number of benzene rings is 2. The summed E-state index contributed by atoms with van der Waals surface area (Å²) in [6.07, 6.45) is 3.83. The molecule has 0 aliphatic carbocycles. The van der Waals surface area contributed by atoms with Crippen molar-refractivity contribution in [3.05, 3.63) is 84.2 Å². The van der Waals surface area contributed by atoms with Gasteiger partial charge in [-0.05, 0) is 41.5 Å². The van der Waals surface area contributed by atoms with E-state index in [0.29, 0.717) is 12.0 Å². The molecule has 9 nitrogen and oxygen atoms in total. The van der Waals surface area contributed by atoms with Crippen LogP contribution in [0.15, 0.2) is 73.1 Å². The molecular weight excluding hydrogens is 408 g/mol. The molecule has 0 saturated heterocycles. The summed E-state index contributed by atoms with van der Waals surface area (Å²) in [6, 6.07) is 16.1. The monoisotopic (exact) mass is 428 g/mol. The number of carbonyl (C=O) groups excluding carboxylic acids is 1. The van der Waals surface area contributed by atoms with E-state index < -0.39 is 10.3 Å². The van der Waals surface area contributed by atoms with E-state index in [1.54, 1.807) is 42.7 Å². The van der Waals surface area contributed by atoms with Crippen LogP contribution in [0.5, 0.6) is 0 Å². The molecule has 2 aromatic carbocycles. The number of nitrogens with zero attached hydrogens (tertiary/aromatic N) is 3. The zero-order valence-electron chi connectivity index (χ0n) is 15.8. The maximum atomic E-state index is 12.0. The van der Waals surface area contributed by atoms with Gasteiger partial charge in [-0.15, -0.1) is 0 Å². The van der Waals surface area contributed by atoms with Crippen LogP contribution in [-0.2, 0) is 33.1 Å². The predicted molar refractivity (Wildman–Crippen MR) is 112 cm³/mol. The lowest BCUT2D eigenvalue weighted by atomic mass is 10.2. The molecule has 10 heteroatoms. The smallest absolute Gasteiger partial charge is 0.364 e. The summed E-state index contributed by atoms with van der Waals surface area (Å²) < 4.78 is 34.4. The van der Waals surface area contributed by atoms with Gasteiger partial charge in [-0.2, -0.15) is 8.42 Å². The fourth-order valence-electron chi connectivity index (χ4n) is 2.74. The first kappa shape index (κ1) is 21.2. The van der Waals surface area contributed by atoms with Gasteiger partial charge in [0.25, 0.3) is 0 Å². The third kappa shape index (κ3) is 5.32. The highest BCUT2D eigenvalue weighted by atomic mass is 32.2. The first-order valence-corrected chi connectivity index (χ1v) is 10.2. The van der Waals surface area contributed by atoms with Gasteiger partial charge in [0.1, 0.15) is 6.61 Å². The van der Waals surface area contributed by atoms with E-state index in [1.165, 1.54) is 24.3 Å². The van der Waals surface area contributed by atoms with Gasteiger partial charge >= 0.3 is 10.3 Å². The zero-order chi connectivity index (χ0) is 21.6. The summed E-state index contributed by atoms with van der Waals surface area (Å²) in [5.41, 5.74) is 7.87. The maximum absolute atomic E-state index is 12.0. The van der Waals surface area contributed by atoms with E-state index in [2.05, 4.69) is 4.98 Å². The minimum atomic E-state index is -4.62. The predicted octanol–water partition coefficient (Wildman–Crippen LogP) is 2.69. The Bertz CT molecular complexity index is 1090. The molecule has 30 heavy (non-hydrogen) atoms. The van der Waals surface area contributed by atoms with Crippen LogP contribution in [-0.4, -0.2) is 29.4 Å². The molecule has 0 fully saturated rings. The Kier molecular flexibility index (Phi) is 6.62. The van der Waals surface area contributed by atoms with Crippen LogP contribution in [0.1, 0.15) is 11.1 Å². The maximum Gasteiger partial charge on any atom is 0.364 e. The number of rotatable bonds is 9. The number of hydrogen-bond acceptors (Lipinski definition) is 6. The summed E-state index contributed by atoms with van der Waals surface area (Å²) in [4.78, 5) is 20.8. The Balaban J connectivity index is 1.75. The average Bonchev–Trinajstić information content (AvgIpc) is 2.73. The third-order valence-corrected chi connectivity index (χ3v) is 5.00. The molecule has 1 amide bonds. The Morgan fingerprint density at radius 3 is 2.37 bits per heavy atom. The minimum absolute atomic E-state index is 0.127. The van der Waals surface area contributed by atoms with Crippen molar-refractivity contribution in [3.8, 4) is 0 Å². The number of hydroxylamine groups is 2. The quantitative estimate of drug-likeness (QED) is 0.232. The van der Waals surface area contributed by atoms with Crippen LogP contribution in [0.25, 0.3) is 0 Å². The van der Waals surface area contributed by atoms with Crippen LogP contribution >= 0.6 is 0 Å². The van der Waals surface area contributed by atoms with Gasteiger partial charge in [0.2, 0.25) is 6.41 Å². The number of anilines is 3. The number of nitrogens with two attached hydrogens (primary N) is 1. The summed E-state index contributed by atoms with van der Waals surface area (Å²) in [5, 5.41) is 1.12. The lowest BCUT2D eigenvalue weighted by Crippen LogP contribution is -2.26. The molecule has 0 saturated carbocycles. The van der Waals surface area contributed by atoms with E-state index in [1.807, 2.05) is 6.07 Å². The number of carbonyl (C=O) groups is 1. The van der Waals surface area contributed by atoms with E-state index in [-0.39, 0.29) is 30.2 Å². The van der Waals surface area contributed by atoms with Crippen molar-refractivity contribution in [2.75, 3.05) is 10.0 Å². The fraction of sp³-hybridized carbons (Fsp3) is 0.100. The molecule has 0 bridgehead atoms. The molecule has 0 aliphatic rings.